The molecule has 0 bridgehead atoms. The van der Waals surface area contributed by atoms with E-state index in [4.69, 9.17) is 37.9 Å². The van der Waals surface area contributed by atoms with E-state index in [9.17, 15) is 34.5 Å². The Morgan fingerprint density at radius 1 is 0.517 bits per heavy atom. The Kier molecular flexibility index (Phi) is 16.1. The summed E-state index contributed by atoms with van der Waals surface area (Å²) in [4.78, 5) is 55.2. The van der Waals surface area contributed by atoms with Gasteiger partial charge in [0.1, 0.15) is 37.1 Å². The summed E-state index contributed by atoms with van der Waals surface area (Å²) in [5, 5.41) is 31.9. The van der Waals surface area contributed by atoms with Gasteiger partial charge in [-0.15, -0.1) is 0 Å². The third-order valence-electron chi connectivity index (χ3n) is 9.37. The molecule has 4 aromatic rings. The van der Waals surface area contributed by atoms with Crippen LogP contribution in [-0.2, 0) is 37.9 Å². The van der Waals surface area contributed by atoms with Crippen LogP contribution in [0.2, 0.25) is 0 Å². The molecule has 0 spiro atoms. The first kappa shape index (κ1) is 45.9. The molecule has 0 aromatic heterocycles. The van der Waals surface area contributed by atoms with Crippen molar-refractivity contribution in [3.05, 3.63) is 137 Å². The van der Waals surface area contributed by atoms with Crippen molar-refractivity contribution in [3.8, 4) is 0 Å². The molecule has 2 heterocycles. The largest absolute Gasteiger partial charge is 0.459 e. The third-order valence-corrected chi connectivity index (χ3v) is 11.5. The second-order valence-electron chi connectivity index (χ2n) is 13.3. The van der Waals surface area contributed by atoms with Gasteiger partial charge in [-0.1, -0.05) is 63.7 Å². The average molecular weight is 1090 g/mol. The van der Waals surface area contributed by atoms with Gasteiger partial charge in [-0.2, -0.15) is 0 Å². The van der Waals surface area contributed by atoms with Gasteiger partial charge in [-0.3, -0.25) is 0 Å². The first-order valence-electron chi connectivity index (χ1n) is 18.0. The van der Waals surface area contributed by atoms with Gasteiger partial charge in [0, 0.05) is 25.0 Å². The summed E-state index contributed by atoms with van der Waals surface area (Å²) >= 11 is 13.3. The lowest BCUT2D eigenvalue weighted by atomic mass is 9.96. The van der Waals surface area contributed by atoms with Crippen LogP contribution >= 0.6 is 63.7 Å². The van der Waals surface area contributed by atoms with E-state index in [0.717, 1.165) is 0 Å². The van der Waals surface area contributed by atoms with Crippen LogP contribution in [0.5, 0.6) is 0 Å². The molecule has 19 heteroatoms. The number of carbonyl (C=O) groups is 4. The van der Waals surface area contributed by atoms with Crippen molar-refractivity contribution < 1.29 is 72.4 Å². The molecule has 10 atom stereocenters. The number of hydrogen-bond acceptors (Lipinski definition) is 15. The maximum Gasteiger partial charge on any atom is 0.338 e. The van der Waals surface area contributed by atoms with Crippen molar-refractivity contribution in [1.29, 1.82) is 0 Å². The van der Waals surface area contributed by atoms with Gasteiger partial charge in [0.25, 0.3) is 0 Å². The molecule has 0 unspecified atom stereocenters. The summed E-state index contributed by atoms with van der Waals surface area (Å²) < 4.78 is 50.3. The minimum atomic E-state index is -1.86. The Balaban J connectivity index is 1.45. The summed E-state index contributed by atoms with van der Waals surface area (Å²) in [5.41, 5.74) is 0.315. The summed E-state index contributed by atoms with van der Waals surface area (Å²) in [6.45, 7) is -1.34. The SMILES string of the molecule is CO[C@@H]1O[C@H](CO)[C@@H](O)[C@H](O)[C@H]1O[C@@H]1O[C@H](COC(=O)c2ccc(Br)cc2)[C@@H](OC(=O)c2ccc(Br)cc2)[C@H](OC(=O)c2ccc(Br)cc2)[C@H]1OC(=O)c1ccc(Br)cc1. The molecule has 15 nitrogen and oxygen atoms in total. The number of hydrogen-bond donors (Lipinski definition) is 3. The van der Waals surface area contributed by atoms with E-state index in [0.29, 0.717) is 17.9 Å². The minimum Gasteiger partial charge on any atom is -0.459 e. The molecule has 2 aliphatic heterocycles. The lowest BCUT2D eigenvalue weighted by molar-refractivity contribution is -0.363. The van der Waals surface area contributed by atoms with Crippen molar-refractivity contribution in [2.45, 2.75) is 61.4 Å². The molecule has 0 radical (unpaired) electrons. The molecule has 2 aliphatic rings. The zero-order chi connectivity index (χ0) is 43.1. The van der Waals surface area contributed by atoms with Crippen molar-refractivity contribution in [3.63, 3.8) is 0 Å². The lowest BCUT2D eigenvalue weighted by Gasteiger charge is -2.47. The molecule has 0 amide bonds. The Hall–Kier alpha value is -3.60. The number of rotatable bonds is 13. The average Bonchev–Trinajstić information content (AvgIpc) is 3.24. The van der Waals surface area contributed by atoms with Gasteiger partial charge < -0.3 is 53.2 Å². The first-order chi connectivity index (χ1) is 28.8. The molecule has 4 aromatic carbocycles. The number of ether oxygens (including phenoxy) is 8. The second kappa shape index (κ2) is 21.0. The molecule has 3 N–H and O–H groups in total. The van der Waals surface area contributed by atoms with E-state index in [-0.39, 0.29) is 22.3 Å². The van der Waals surface area contributed by atoms with Gasteiger partial charge >= 0.3 is 23.9 Å². The molecule has 60 heavy (non-hydrogen) atoms. The van der Waals surface area contributed by atoms with Crippen molar-refractivity contribution in [2.75, 3.05) is 20.3 Å². The fourth-order valence-electron chi connectivity index (χ4n) is 6.23. The fourth-order valence-corrected chi connectivity index (χ4v) is 7.29. The minimum absolute atomic E-state index is 0.0425. The van der Waals surface area contributed by atoms with Gasteiger partial charge in [0.2, 0.25) is 0 Å². The Bertz CT molecular complexity index is 2100. The summed E-state index contributed by atoms with van der Waals surface area (Å²) in [6.07, 6.45) is -16.5. The predicted molar refractivity (Wildman–Crippen MR) is 223 cm³/mol. The van der Waals surface area contributed by atoms with E-state index < -0.39 is 98.5 Å². The molecule has 0 saturated carbocycles. The Morgan fingerprint density at radius 2 is 0.900 bits per heavy atom. The number of esters is 4. The highest BCUT2D eigenvalue weighted by molar-refractivity contribution is 9.11. The van der Waals surface area contributed by atoms with Gasteiger partial charge in [0.15, 0.2) is 30.9 Å². The Labute approximate surface area is 376 Å². The number of aliphatic hydroxyl groups excluding tert-OH is 3. The first-order valence-corrected chi connectivity index (χ1v) is 21.2. The monoisotopic (exact) mass is 1080 g/mol. The molecule has 6 rings (SSSR count). The lowest BCUT2D eigenvalue weighted by Crippen LogP contribution is -2.66. The molecule has 2 saturated heterocycles. The van der Waals surface area contributed by atoms with E-state index in [1.807, 2.05) is 0 Å². The van der Waals surface area contributed by atoms with Crippen LogP contribution in [0.1, 0.15) is 41.4 Å². The smallest absolute Gasteiger partial charge is 0.338 e. The van der Waals surface area contributed by atoms with Gasteiger partial charge in [-0.05, 0) is 97.1 Å². The van der Waals surface area contributed by atoms with Crippen molar-refractivity contribution >= 4 is 87.6 Å². The van der Waals surface area contributed by atoms with Gasteiger partial charge in [0.05, 0.1) is 28.9 Å². The topological polar surface area (TPSA) is 203 Å². The van der Waals surface area contributed by atoms with Crippen molar-refractivity contribution in [1.82, 2.24) is 0 Å². The normalized spacial score (nSPS) is 26.4. The highest BCUT2D eigenvalue weighted by atomic mass is 79.9. The molecular weight excluding hydrogens is 1050 g/mol. The van der Waals surface area contributed by atoms with Crippen LogP contribution in [0.15, 0.2) is 115 Å². The van der Waals surface area contributed by atoms with Crippen LogP contribution < -0.4 is 0 Å². The quantitative estimate of drug-likeness (QED) is 0.108. The van der Waals surface area contributed by atoms with Crippen LogP contribution in [0.25, 0.3) is 0 Å². The third kappa shape index (κ3) is 11.3. The molecular formula is C41H36Br4O15. The van der Waals surface area contributed by atoms with Crippen LogP contribution in [0, 0.1) is 0 Å². The van der Waals surface area contributed by atoms with Crippen LogP contribution in [0.3, 0.4) is 0 Å². The van der Waals surface area contributed by atoms with E-state index >= 15 is 0 Å². The maximum atomic E-state index is 14.0. The number of aliphatic hydroxyl groups is 3. The molecule has 0 aliphatic carbocycles. The summed E-state index contributed by atoms with van der Waals surface area (Å²) in [7, 11) is 1.22. The molecule has 318 valence electrons. The summed E-state index contributed by atoms with van der Waals surface area (Å²) in [6, 6.07) is 24.6. The van der Waals surface area contributed by atoms with E-state index in [1.165, 1.54) is 55.6 Å². The maximum absolute atomic E-state index is 14.0. The Morgan fingerprint density at radius 3 is 1.32 bits per heavy atom. The van der Waals surface area contributed by atoms with E-state index in [2.05, 4.69) is 63.7 Å². The number of carbonyl (C=O) groups excluding carboxylic acids is 4. The highest BCUT2D eigenvalue weighted by Gasteiger charge is 2.56. The molecule has 2 fully saturated rings. The number of methoxy groups -OCH3 is 1. The number of halogens is 4. The fraction of sp³-hybridized carbons (Fsp3) is 0.317. The summed E-state index contributed by atoms with van der Waals surface area (Å²) in [5.74, 6) is -3.64. The van der Waals surface area contributed by atoms with Gasteiger partial charge in [-0.25, -0.2) is 19.2 Å². The van der Waals surface area contributed by atoms with Crippen LogP contribution in [-0.4, -0.2) is 121 Å². The zero-order valence-corrected chi connectivity index (χ0v) is 37.5. The predicted octanol–water partition coefficient (Wildman–Crippen LogP) is 5.77. The second-order valence-corrected chi connectivity index (χ2v) is 17.0. The van der Waals surface area contributed by atoms with E-state index in [1.54, 1.807) is 48.5 Å². The van der Waals surface area contributed by atoms with Crippen molar-refractivity contribution in [2.24, 2.45) is 0 Å². The standard InChI is InChI=1S/C41H36Br4O15/c1-53-40-33(31(48)30(47)28(18-46)55-40)60-41-35(59-39(52)23-8-16-27(45)17-9-23)34(58-38(51)22-6-14-26(44)15-7-22)32(57-37(50)21-4-12-25(43)13-5-21)29(56-41)19-54-36(49)20-2-10-24(42)11-3-20/h2-17,28-35,40-41,46-48H,18-19H2,1H3/t28-,29-,30-,31+,32-,33-,34+,35-,40-,41+/m1/s1. The van der Waals surface area contributed by atoms with Crippen LogP contribution in [0.4, 0.5) is 0 Å². The number of benzene rings is 4. The zero-order valence-electron chi connectivity index (χ0n) is 31.2. The highest BCUT2D eigenvalue weighted by Crippen LogP contribution is 2.35.